The van der Waals surface area contributed by atoms with Gasteiger partial charge < -0.3 is 4.74 Å². The molecule has 2 aliphatic rings. The van der Waals surface area contributed by atoms with Crippen LogP contribution in [0.1, 0.15) is 25.7 Å². The number of rotatable bonds is 2. The van der Waals surface area contributed by atoms with Crippen LogP contribution in [0.5, 0.6) is 0 Å². The molecule has 0 amide bonds. The first-order valence-electron chi connectivity index (χ1n) is 5.77. The second kappa shape index (κ2) is 5.96. The van der Waals surface area contributed by atoms with Gasteiger partial charge in [0.2, 0.25) is 0 Å². The van der Waals surface area contributed by atoms with Gasteiger partial charge in [-0.2, -0.15) is 0 Å². The fourth-order valence-corrected chi connectivity index (χ4v) is 5.21. The molecule has 1 saturated heterocycles. The maximum absolute atomic E-state index is 11.9. The van der Waals surface area contributed by atoms with Gasteiger partial charge in [-0.25, -0.2) is 4.79 Å². The molecule has 1 heterocycles. The van der Waals surface area contributed by atoms with Crippen molar-refractivity contribution in [3.05, 3.63) is 11.1 Å². The lowest BCUT2D eigenvalue weighted by Gasteiger charge is -2.20. The minimum atomic E-state index is -0.249. The van der Waals surface area contributed by atoms with E-state index in [9.17, 15) is 9.59 Å². The third-order valence-corrected chi connectivity index (χ3v) is 6.02. The summed E-state index contributed by atoms with van der Waals surface area (Å²) < 4.78 is 5.05. The van der Waals surface area contributed by atoms with Crippen molar-refractivity contribution in [2.45, 2.75) is 30.3 Å². The van der Waals surface area contributed by atoms with Crippen LogP contribution in [0.25, 0.3) is 0 Å². The molecule has 0 aromatic carbocycles. The quantitative estimate of drug-likeness (QED) is 0.570. The van der Waals surface area contributed by atoms with Crippen LogP contribution in [0.4, 0.5) is 0 Å². The summed E-state index contributed by atoms with van der Waals surface area (Å²) in [5, 5.41) is 0. The summed E-state index contributed by atoms with van der Waals surface area (Å²) in [6, 6.07) is 0. The molecule has 0 unspecified atom stereocenters. The van der Waals surface area contributed by atoms with E-state index < -0.39 is 0 Å². The molecule has 5 heteroatoms. The molecule has 1 aliphatic carbocycles. The Morgan fingerprint density at radius 2 is 2.00 bits per heavy atom. The van der Waals surface area contributed by atoms with Crippen molar-refractivity contribution < 1.29 is 14.3 Å². The number of ketones is 1. The third-order valence-electron chi connectivity index (χ3n) is 2.99. The molecule has 0 N–H and O–H groups in total. The summed E-state index contributed by atoms with van der Waals surface area (Å²) in [7, 11) is 1.41. The molecule has 0 atom stereocenters. The van der Waals surface area contributed by atoms with E-state index >= 15 is 0 Å². The summed E-state index contributed by atoms with van der Waals surface area (Å²) in [6.45, 7) is 0. The Morgan fingerprint density at radius 1 is 1.29 bits per heavy atom. The maximum Gasteiger partial charge on any atom is 0.335 e. The van der Waals surface area contributed by atoms with Crippen LogP contribution in [0.2, 0.25) is 0 Å². The molecular weight excluding hydrogens is 256 g/mol. The van der Waals surface area contributed by atoms with E-state index in [-0.39, 0.29) is 16.3 Å². The van der Waals surface area contributed by atoms with Crippen LogP contribution < -0.4 is 0 Å². The molecule has 0 aromatic heterocycles. The van der Waals surface area contributed by atoms with Crippen molar-refractivity contribution >= 4 is 35.3 Å². The predicted molar refractivity (Wildman–Crippen MR) is 71.2 cm³/mol. The predicted octanol–water partition coefficient (Wildman–Crippen LogP) is 2.41. The molecule has 0 bridgehead atoms. The molecule has 2 fully saturated rings. The van der Waals surface area contributed by atoms with E-state index in [0.717, 1.165) is 35.5 Å². The largest absolute Gasteiger partial charge is 0.466 e. The van der Waals surface area contributed by atoms with Gasteiger partial charge in [0.1, 0.15) is 5.78 Å². The SMILES string of the molecule is COC(=O)/C(=C1\CCCC(=O)C1)C1SCCS1. The molecule has 94 valence electrons. The van der Waals surface area contributed by atoms with Crippen molar-refractivity contribution in [1.82, 2.24) is 0 Å². The van der Waals surface area contributed by atoms with Gasteiger partial charge in [0.15, 0.2) is 0 Å². The van der Waals surface area contributed by atoms with Gasteiger partial charge in [0.05, 0.1) is 17.3 Å². The average Bonchev–Trinajstić information content (AvgIpc) is 2.83. The second-order valence-corrected chi connectivity index (χ2v) is 6.88. The number of hydrogen-bond donors (Lipinski definition) is 0. The number of hydrogen-bond acceptors (Lipinski definition) is 5. The number of ether oxygens (including phenoxy) is 1. The van der Waals surface area contributed by atoms with Gasteiger partial charge in [-0.3, -0.25) is 4.79 Å². The van der Waals surface area contributed by atoms with Crippen molar-refractivity contribution in [3.63, 3.8) is 0 Å². The molecule has 17 heavy (non-hydrogen) atoms. The van der Waals surface area contributed by atoms with Gasteiger partial charge >= 0.3 is 5.97 Å². The number of allylic oxidation sites excluding steroid dienone is 1. The number of carbonyl (C=O) groups excluding carboxylic acids is 2. The summed E-state index contributed by atoms with van der Waals surface area (Å²) in [6.07, 6.45) is 2.84. The molecule has 1 saturated carbocycles. The van der Waals surface area contributed by atoms with Crippen LogP contribution >= 0.6 is 23.5 Å². The number of Topliss-reactive ketones (excluding diaryl/α,β-unsaturated/α-hetero) is 1. The Labute approximate surface area is 110 Å². The fourth-order valence-electron chi connectivity index (χ4n) is 2.19. The fraction of sp³-hybridized carbons (Fsp3) is 0.667. The van der Waals surface area contributed by atoms with Gasteiger partial charge in [-0.05, 0) is 12.8 Å². The van der Waals surface area contributed by atoms with Crippen LogP contribution in [-0.4, -0.2) is 35.0 Å². The number of thioether (sulfide) groups is 2. The van der Waals surface area contributed by atoms with Gasteiger partial charge in [-0.15, -0.1) is 23.5 Å². The minimum absolute atomic E-state index is 0.170. The standard InChI is InChI=1S/C12H16O3S2/c1-15-11(14)10(12-16-5-6-17-12)8-3-2-4-9(13)7-8/h12H,2-7H2,1H3/b10-8-. The summed E-state index contributed by atoms with van der Waals surface area (Å²) in [5.74, 6) is 2.14. The monoisotopic (exact) mass is 272 g/mol. The van der Waals surface area contributed by atoms with Gasteiger partial charge in [0, 0.05) is 24.3 Å². The van der Waals surface area contributed by atoms with Crippen molar-refractivity contribution in [2.24, 2.45) is 0 Å². The average molecular weight is 272 g/mol. The zero-order chi connectivity index (χ0) is 12.3. The topological polar surface area (TPSA) is 43.4 Å². The molecule has 2 rings (SSSR count). The summed E-state index contributed by atoms with van der Waals surface area (Å²) >= 11 is 3.56. The van der Waals surface area contributed by atoms with E-state index in [1.807, 2.05) is 0 Å². The zero-order valence-corrected chi connectivity index (χ0v) is 11.5. The number of carbonyl (C=O) groups is 2. The Morgan fingerprint density at radius 3 is 2.59 bits per heavy atom. The molecule has 0 spiro atoms. The van der Waals surface area contributed by atoms with Crippen LogP contribution in [-0.2, 0) is 14.3 Å². The first kappa shape index (κ1) is 13.0. The molecule has 0 aromatic rings. The first-order valence-corrected chi connectivity index (χ1v) is 7.87. The lowest BCUT2D eigenvalue weighted by atomic mass is 9.90. The third kappa shape index (κ3) is 3.07. The minimum Gasteiger partial charge on any atom is -0.466 e. The van der Waals surface area contributed by atoms with Gasteiger partial charge in [0.25, 0.3) is 0 Å². The smallest absolute Gasteiger partial charge is 0.335 e. The highest BCUT2D eigenvalue weighted by molar-refractivity contribution is 8.20. The highest BCUT2D eigenvalue weighted by atomic mass is 32.2. The Hall–Kier alpha value is -0.420. The van der Waals surface area contributed by atoms with E-state index in [2.05, 4.69) is 0 Å². The highest BCUT2D eigenvalue weighted by Gasteiger charge is 2.31. The highest BCUT2D eigenvalue weighted by Crippen LogP contribution is 2.40. The van der Waals surface area contributed by atoms with E-state index in [0.29, 0.717) is 12.8 Å². The lowest BCUT2D eigenvalue weighted by molar-refractivity contribution is -0.136. The summed E-state index contributed by atoms with van der Waals surface area (Å²) in [5.41, 5.74) is 1.77. The van der Waals surface area contributed by atoms with Crippen molar-refractivity contribution in [2.75, 3.05) is 18.6 Å². The molecular formula is C12H16O3S2. The van der Waals surface area contributed by atoms with Crippen LogP contribution in [0.3, 0.4) is 0 Å². The van der Waals surface area contributed by atoms with Gasteiger partial charge in [-0.1, -0.05) is 5.57 Å². The normalized spacial score (nSPS) is 24.9. The van der Waals surface area contributed by atoms with E-state index in [1.165, 1.54) is 7.11 Å². The Kier molecular flexibility index (Phi) is 4.56. The summed E-state index contributed by atoms with van der Waals surface area (Å²) in [4.78, 5) is 23.4. The lowest BCUT2D eigenvalue weighted by Crippen LogP contribution is -2.19. The number of esters is 1. The Bertz CT molecular complexity index is 357. The van der Waals surface area contributed by atoms with E-state index in [1.54, 1.807) is 23.5 Å². The Balaban J connectivity index is 2.26. The molecule has 1 aliphatic heterocycles. The molecule has 3 nitrogen and oxygen atoms in total. The second-order valence-electron chi connectivity index (χ2n) is 4.15. The van der Waals surface area contributed by atoms with Crippen LogP contribution in [0.15, 0.2) is 11.1 Å². The maximum atomic E-state index is 11.9. The molecule has 0 radical (unpaired) electrons. The number of methoxy groups -OCH3 is 1. The van der Waals surface area contributed by atoms with E-state index in [4.69, 9.17) is 4.74 Å². The zero-order valence-electron chi connectivity index (χ0n) is 9.86. The van der Waals surface area contributed by atoms with Crippen molar-refractivity contribution in [3.8, 4) is 0 Å². The van der Waals surface area contributed by atoms with Crippen molar-refractivity contribution in [1.29, 1.82) is 0 Å². The van der Waals surface area contributed by atoms with Crippen LogP contribution in [0, 0.1) is 0 Å². The first-order chi connectivity index (χ1) is 8.22.